The summed E-state index contributed by atoms with van der Waals surface area (Å²) in [6, 6.07) is 25.0. The summed E-state index contributed by atoms with van der Waals surface area (Å²) >= 11 is 6.29. The summed E-state index contributed by atoms with van der Waals surface area (Å²) < 4.78 is 21.5. The van der Waals surface area contributed by atoms with Gasteiger partial charge < -0.3 is 4.52 Å². The minimum atomic E-state index is -3.67. The summed E-state index contributed by atoms with van der Waals surface area (Å²) in [4.78, 5) is 13.4. The zero-order valence-electron chi connectivity index (χ0n) is 15.1. The number of nitrogens with zero attached hydrogens (tertiary/aromatic N) is 1. The van der Waals surface area contributed by atoms with E-state index in [0.29, 0.717) is 23.0 Å². The first kappa shape index (κ1) is 18.8. The number of halogens is 1. The van der Waals surface area contributed by atoms with E-state index in [1.807, 2.05) is 36.4 Å². The number of carbonyl (C=O) groups excluding carboxylic acids is 1. The van der Waals surface area contributed by atoms with Crippen LogP contribution in [0.5, 0.6) is 5.75 Å². The SMILES string of the molecule is O=C1c2ccccc2OP(=O)(c2ccccc2)N1[C@H](CCl)Cc1ccccc1. The van der Waals surface area contributed by atoms with Gasteiger partial charge in [-0.25, -0.2) is 9.24 Å². The van der Waals surface area contributed by atoms with E-state index in [1.165, 1.54) is 4.67 Å². The normalized spacial score (nSPS) is 19.6. The molecule has 1 amide bonds. The second kappa shape index (κ2) is 7.83. The second-order valence-corrected chi connectivity index (χ2v) is 9.07. The molecule has 3 aromatic carbocycles. The van der Waals surface area contributed by atoms with Crippen molar-refractivity contribution in [1.29, 1.82) is 0 Å². The Bertz CT molecular complexity index is 1030. The summed E-state index contributed by atoms with van der Waals surface area (Å²) in [6.45, 7) is 0. The average Bonchev–Trinajstić information content (AvgIpc) is 2.74. The van der Waals surface area contributed by atoms with E-state index in [9.17, 15) is 9.36 Å². The number of rotatable bonds is 5. The minimum absolute atomic E-state index is 0.142. The third-order valence-corrected chi connectivity index (χ3v) is 7.58. The molecule has 0 radical (unpaired) electrons. The third-order valence-electron chi connectivity index (χ3n) is 4.75. The van der Waals surface area contributed by atoms with Gasteiger partial charge in [0, 0.05) is 5.88 Å². The van der Waals surface area contributed by atoms with Gasteiger partial charge in [-0.1, -0.05) is 60.7 Å². The highest BCUT2D eigenvalue weighted by Gasteiger charge is 2.47. The van der Waals surface area contributed by atoms with E-state index in [1.54, 1.807) is 48.5 Å². The van der Waals surface area contributed by atoms with E-state index < -0.39 is 13.6 Å². The Morgan fingerprint density at radius 1 is 0.893 bits per heavy atom. The smallest absolute Gasteiger partial charge is 0.377 e. The number of para-hydroxylation sites is 1. The molecule has 4 nitrogen and oxygen atoms in total. The standard InChI is InChI=1S/C22H19ClNO3P/c23-16-18(15-17-9-3-1-4-10-17)24-22(25)20-13-7-8-14-21(20)27-28(24,26)19-11-5-2-6-12-19/h1-14,18H,15-16H2/t18-,28?/m0/s1. The van der Waals surface area contributed by atoms with E-state index in [-0.39, 0.29) is 11.8 Å². The van der Waals surface area contributed by atoms with Gasteiger partial charge in [0.2, 0.25) is 0 Å². The number of fused-ring (bicyclic) bond motifs is 1. The van der Waals surface area contributed by atoms with Crippen LogP contribution in [0.4, 0.5) is 0 Å². The van der Waals surface area contributed by atoms with Gasteiger partial charge in [-0.3, -0.25) is 4.79 Å². The predicted molar refractivity (Wildman–Crippen MR) is 112 cm³/mol. The van der Waals surface area contributed by atoms with Crippen LogP contribution in [0.1, 0.15) is 15.9 Å². The Kier molecular flexibility index (Phi) is 5.25. The van der Waals surface area contributed by atoms with Gasteiger partial charge in [0.1, 0.15) is 5.75 Å². The fourth-order valence-corrected chi connectivity index (χ4v) is 6.11. The summed E-state index contributed by atoms with van der Waals surface area (Å²) in [5.41, 5.74) is 1.41. The van der Waals surface area contributed by atoms with E-state index in [4.69, 9.17) is 16.1 Å². The zero-order chi connectivity index (χ0) is 19.6. The summed E-state index contributed by atoms with van der Waals surface area (Å²) in [5, 5.41) is 0.473. The molecule has 0 aromatic heterocycles. The molecule has 0 fully saturated rings. The molecule has 0 saturated carbocycles. The van der Waals surface area contributed by atoms with Crippen molar-refractivity contribution in [1.82, 2.24) is 4.67 Å². The number of hydrogen-bond donors (Lipinski definition) is 0. The molecule has 6 heteroatoms. The first-order valence-corrected chi connectivity index (χ1v) is 11.1. The van der Waals surface area contributed by atoms with Gasteiger partial charge in [-0.05, 0) is 36.2 Å². The molecule has 28 heavy (non-hydrogen) atoms. The molecule has 2 atom stereocenters. The zero-order valence-corrected chi connectivity index (χ0v) is 16.7. The van der Waals surface area contributed by atoms with Crippen LogP contribution in [0.15, 0.2) is 84.9 Å². The summed E-state index contributed by atoms with van der Waals surface area (Å²) in [6.07, 6.45) is 0.485. The maximum absolute atomic E-state index is 14.2. The van der Waals surface area contributed by atoms with Gasteiger partial charge in [0.05, 0.1) is 16.9 Å². The maximum atomic E-state index is 14.2. The van der Waals surface area contributed by atoms with Crippen LogP contribution in [0, 0.1) is 0 Å². The van der Waals surface area contributed by atoms with Crippen molar-refractivity contribution in [3.05, 3.63) is 96.1 Å². The highest BCUT2D eigenvalue weighted by atomic mass is 35.5. The first-order valence-electron chi connectivity index (χ1n) is 9.01. The molecule has 142 valence electrons. The Morgan fingerprint density at radius 3 is 2.18 bits per heavy atom. The second-order valence-electron chi connectivity index (χ2n) is 6.59. The van der Waals surface area contributed by atoms with Crippen molar-refractivity contribution in [2.24, 2.45) is 0 Å². The monoisotopic (exact) mass is 411 g/mol. The number of amides is 1. The largest absolute Gasteiger partial charge is 0.425 e. The molecular formula is C22H19ClNO3P. The molecule has 4 rings (SSSR count). The molecule has 1 aliphatic rings. The molecule has 0 bridgehead atoms. The van der Waals surface area contributed by atoms with Crippen molar-refractivity contribution in [2.45, 2.75) is 12.5 Å². The lowest BCUT2D eigenvalue weighted by atomic mass is 10.1. The third kappa shape index (κ3) is 3.34. The molecular weight excluding hydrogens is 393 g/mol. The van der Waals surface area contributed by atoms with Crippen LogP contribution in [0.25, 0.3) is 0 Å². The van der Waals surface area contributed by atoms with Crippen LogP contribution < -0.4 is 9.83 Å². The van der Waals surface area contributed by atoms with Gasteiger partial charge in [-0.15, -0.1) is 11.6 Å². The Balaban J connectivity index is 1.83. The van der Waals surface area contributed by atoms with Crippen LogP contribution in [-0.2, 0) is 11.0 Å². The number of alkyl halides is 1. The molecule has 3 aromatic rings. The lowest BCUT2D eigenvalue weighted by molar-refractivity contribution is 0.0799. The van der Waals surface area contributed by atoms with Crippen molar-refractivity contribution < 1.29 is 13.9 Å². The quantitative estimate of drug-likeness (QED) is 0.443. The topological polar surface area (TPSA) is 46.6 Å². The molecule has 0 saturated heterocycles. The Hall–Kier alpha value is -2.55. The highest BCUT2D eigenvalue weighted by molar-refractivity contribution is 7.65. The van der Waals surface area contributed by atoms with Crippen molar-refractivity contribution in [2.75, 3.05) is 5.88 Å². The number of benzene rings is 3. The van der Waals surface area contributed by atoms with Crippen molar-refractivity contribution in [3.8, 4) is 5.75 Å². The minimum Gasteiger partial charge on any atom is -0.425 e. The lowest BCUT2D eigenvalue weighted by Crippen LogP contribution is -2.46. The summed E-state index contributed by atoms with van der Waals surface area (Å²) in [5.74, 6) is 0.155. The van der Waals surface area contributed by atoms with Gasteiger partial charge in [-0.2, -0.15) is 0 Å². The average molecular weight is 412 g/mol. The highest BCUT2D eigenvalue weighted by Crippen LogP contribution is 2.56. The van der Waals surface area contributed by atoms with Gasteiger partial charge >= 0.3 is 7.52 Å². The van der Waals surface area contributed by atoms with E-state index >= 15 is 0 Å². The number of carbonyl (C=O) groups is 1. The molecule has 0 aliphatic carbocycles. The fourth-order valence-electron chi connectivity index (χ4n) is 3.41. The predicted octanol–water partition coefficient (Wildman–Crippen LogP) is 4.89. The molecule has 1 aliphatic heterocycles. The van der Waals surface area contributed by atoms with Crippen LogP contribution in [0.3, 0.4) is 0 Å². The van der Waals surface area contributed by atoms with Crippen molar-refractivity contribution >= 4 is 30.3 Å². The van der Waals surface area contributed by atoms with Crippen LogP contribution >= 0.6 is 19.1 Å². The van der Waals surface area contributed by atoms with E-state index in [0.717, 1.165) is 5.56 Å². The lowest BCUT2D eigenvalue weighted by Gasteiger charge is -2.40. The Labute approximate surface area is 169 Å². The van der Waals surface area contributed by atoms with Crippen LogP contribution in [-0.4, -0.2) is 22.5 Å². The van der Waals surface area contributed by atoms with Crippen LogP contribution in [0.2, 0.25) is 0 Å². The van der Waals surface area contributed by atoms with Gasteiger partial charge in [0.15, 0.2) is 0 Å². The van der Waals surface area contributed by atoms with E-state index in [2.05, 4.69) is 0 Å². The summed E-state index contributed by atoms with van der Waals surface area (Å²) in [7, 11) is -3.67. The molecule has 1 heterocycles. The fraction of sp³-hybridized carbons (Fsp3) is 0.136. The molecule has 1 unspecified atom stereocenters. The molecule has 0 spiro atoms. The van der Waals surface area contributed by atoms with Gasteiger partial charge in [0.25, 0.3) is 5.91 Å². The Morgan fingerprint density at radius 2 is 1.50 bits per heavy atom. The van der Waals surface area contributed by atoms with Crippen molar-refractivity contribution in [3.63, 3.8) is 0 Å². The maximum Gasteiger partial charge on any atom is 0.377 e. The number of hydrogen-bond acceptors (Lipinski definition) is 3. The molecule has 0 N–H and O–H groups in total. The first-order chi connectivity index (χ1) is 13.6.